The van der Waals surface area contributed by atoms with Gasteiger partial charge in [0, 0.05) is 38.3 Å². The molecular formula is C18H34N6O. The maximum absolute atomic E-state index is 11.7. The van der Waals surface area contributed by atoms with Gasteiger partial charge in [-0.05, 0) is 46.1 Å². The monoisotopic (exact) mass is 350 g/mol. The van der Waals surface area contributed by atoms with Crippen molar-refractivity contribution in [3.63, 3.8) is 0 Å². The summed E-state index contributed by atoms with van der Waals surface area (Å²) in [6.07, 6.45) is 2.24. The standard InChI is InChI=1S/C18H34N6O/c1-7-10-20-17(25)9-11-21-18(19-8-2)22-13(3)12-16-14(4)23-24(6)15(16)5/h13H,7-12H2,1-6H3,(H,20,25)(H2,19,21,22). The zero-order chi connectivity index (χ0) is 18.8. The Kier molecular flexibility index (Phi) is 9.02. The minimum absolute atomic E-state index is 0.0520. The van der Waals surface area contributed by atoms with E-state index in [0.717, 1.165) is 37.6 Å². The molecule has 0 aliphatic heterocycles. The Balaban J connectivity index is 2.57. The molecule has 1 heterocycles. The van der Waals surface area contributed by atoms with Crippen LogP contribution in [0.4, 0.5) is 0 Å². The second-order valence-corrected chi connectivity index (χ2v) is 6.38. The summed E-state index contributed by atoms with van der Waals surface area (Å²) in [7, 11) is 1.97. The third-order valence-corrected chi connectivity index (χ3v) is 4.08. The lowest BCUT2D eigenvalue weighted by atomic mass is 10.1. The number of guanidine groups is 1. The van der Waals surface area contributed by atoms with Crippen molar-refractivity contribution >= 4 is 11.9 Å². The molecule has 3 N–H and O–H groups in total. The van der Waals surface area contributed by atoms with Gasteiger partial charge in [-0.25, -0.2) is 0 Å². The fourth-order valence-corrected chi connectivity index (χ4v) is 2.65. The van der Waals surface area contributed by atoms with Crippen molar-refractivity contribution in [2.24, 2.45) is 12.0 Å². The molecule has 1 rings (SSSR count). The Labute approximate surface area is 151 Å². The van der Waals surface area contributed by atoms with Crippen molar-refractivity contribution in [1.82, 2.24) is 25.7 Å². The summed E-state index contributed by atoms with van der Waals surface area (Å²) < 4.78 is 1.92. The number of amides is 1. The molecule has 0 bridgehead atoms. The molecule has 1 unspecified atom stereocenters. The number of aryl methyl sites for hydroxylation is 2. The average molecular weight is 351 g/mol. The first-order chi connectivity index (χ1) is 11.9. The minimum atomic E-state index is 0.0520. The van der Waals surface area contributed by atoms with Gasteiger partial charge >= 0.3 is 0 Å². The Bertz CT molecular complexity index is 578. The van der Waals surface area contributed by atoms with Gasteiger partial charge in [-0.1, -0.05) is 6.92 Å². The van der Waals surface area contributed by atoms with Crippen LogP contribution in [0.5, 0.6) is 0 Å². The number of nitrogens with one attached hydrogen (secondary N) is 3. The van der Waals surface area contributed by atoms with Crippen LogP contribution in [0.25, 0.3) is 0 Å². The van der Waals surface area contributed by atoms with Crippen molar-refractivity contribution in [3.05, 3.63) is 17.0 Å². The molecule has 1 aromatic rings. The first-order valence-corrected chi connectivity index (χ1v) is 9.19. The van der Waals surface area contributed by atoms with E-state index in [4.69, 9.17) is 0 Å². The van der Waals surface area contributed by atoms with Crippen LogP contribution in [-0.4, -0.2) is 47.3 Å². The van der Waals surface area contributed by atoms with Crippen molar-refractivity contribution in [3.8, 4) is 0 Å². The van der Waals surface area contributed by atoms with E-state index in [-0.39, 0.29) is 11.9 Å². The van der Waals surface area contributed by atoms with Gasteiger partial charge in [0.15, 0.2) is 5.96 Å². The highest BCUT2D eigenvalue weighted by atomic mass is 16.1. The summed E-state index contributed by atoms with van der Waals surface area (Å²) in [5.74, 6) is 0.800. The normalized spacial score (nSPS) is 12.8. The summed E-state index contributed by atoms with van der Waals surface area (Å²) in [4.78, 5) is 16.2. The Hall–Kier alpha value is -2.05. The maximum Gasteiger partial charge on any atom is 0.221 e. The third kappa shape index (κ3) is 7.15. The lowest BCUT2D eigenvalue weighted by Gasteiger charge is -2.18. The second kappa shape index (κ2) is 10.7. The lowest BCUT2D eigenvalue weighted by molar-refractivity contribution is -0.120. The van der Waals surface area contributed by atoms with Crippen molar-refractivity contribution in [1.29, 1.82) is 0 Å². The predicted molar refractivity (Wildman–Crippen MR) is 103 cm³/mol. The summed E-state index contributed by atoms with van der Waals surface area (Å²) in [5, 5.41) is 14.0. The topological polar surface area (TPSA) is 83.3 Å². The highest BCUT2D eigenvalue weighted by Gasteiger charge is 2.14. The Morgan fingerprint density at radius 1 is 1.28 bits per heavy atom. The Morgan fingerprint density at radius 3 is 2.56 bits per heavy atom. The molecule has 1 amide bonds. The zero-order valence-electron chi connectivity index (χ0n) is 16.6. The smallest absolute Gasteiger partial charge is 0.221 e. The van der Waals surface area contributed by atoms with E-state index in [2.05, 4.69) is 39.9 Å². The molecule has 1 aromatic heterocycles. The van der Waals surface area contributed by atoms with Gasteiger partial charge in [-0.2, -0.15) is 5.10 Å². The molecule has 0 saturated heterocycles. The van der Waals surface area contributed by atoms with Crippen LogP contribution in [-0.2, 0) is 18.3 Å². The first-order valence-electron chi connectivity index (χ1n) is 9.19. The molecule has 0 spiro atoms. The van der Waals surface area contributed by atoms with E-state index in [1.54, 1.807) is 0 Å². The van der Waals surface area contributed by atoms with Crippen LogP contribution in [0.15, 0.2) is 4.99 Å². The average Bonchev–Trinajstić information content (AvgIpc) is 2.79. The van der Waals surface area contributed by atoms with Crippen LogP contribution >= 0.6 is 0 Å². The SMILES string of the molecule is CCCNC(=O)CCN=C(NCC)NC(C)Cc1c(C)nn(C)c1C. The minimum Gasteiger partial charge on any atom is -0.357 e. The largest absolute Gasteiger partial charge is 0.357 e. The number of hydrogen-bond acceptors (Lipinski definition) is 3. The zero-order valence-corrected chi connectivity index (χ0v) is 16.6. The van der Waals surface area contributed by atoms with Crippen LogP contribution in [0.3, 0.4) is 0 Å². The highest BCUT2D eigenvalue weighted by Crippen LogP contribution is 2.14. The molecule has 0 saturated carbocycles. The molecule has 0 radical (unpaired) electrons. The first kappa shape index (κ1) is 21.0. The van der Waals surface area contributed by atoms with Crippen LogP contribution in [0.2, 0.25) is 0 Å². The third-order valence-electron chi connectivity index (χ3n) is 4.08. The van der Waals surface area contributed by atoms with Gasteiger partial charge in [-0.15, -0.1) is 0 Å². The number of hydrogen-bond donors (Lipinski definition) is 3. The molecule has 1 atom stereocenters. The Morgan fingerprint density at radius 2 is 2.00 bits per heavy atom. The number of carbonyl (C=O) groups excluding carboxylic acids is 1. The van der Waals surface area contributed by atoms with E-state index in [9.17, 15) is 4.79 Å². The molecular weight excluding hydrogens is 316 g/mol. The van der Waals surface area contributed by atoms with Crippen LogP contribution in [0, 0.1) is 13.8 Å². The number of aromatic nitrogens is 2. The summed E-state index contributed by atoms with van der Waals surface area (Å²) in [5.41, 5.74) is 3.54. The van der Waals surface area contributed by atoms with E-state index < -0.39 is 0 Å². The quantitative estimate of drug-likeness (QED) is 0.465. The summed E-state index contributed by atoms with van der Waals surface area (Å²) >= 11 is 0. The number of aliphatic imine (C=N–C) groups is 1. The molecule has 142 valence electrons. The fourth-order valence-electron chi connectivity index (χ4n) is 2.65. The van der Waals surface area contributed by atoms with Crippen LogP contribution < -0.4 is 16.0 Å². The second-order valence-electron chi connectivity index (χ2n) is 6.38. The molecule has 0 aliphatic carbocycles. The van der Waals surface area contributed by atoms with Gasteiger partial charge in [0.2, 0.25) is 5.91 Å². The van der Waals surface area contributed by atoms with E-state index >= 15 is 0 Å². The van der Waals surface area contributed by atoms with E-state index in [1.807, 2.05) is 32.5 Å². The van der Waals surface area contributed by atoms with Crippen molar-refractivity contribution < 1.29 is 4.79 Å². The van der Waals surface area contributed by atoms with Gasteiger partial charge < -0.3 is 16.0 Å². The lowest BCUT2D eigenvalue weighted by Crippen LogP contribution is -2.43. The number of nitrogens with zero attached hydrogens (tertiary/aromatic N) is 3. The number of rotatable bonds is 9. The molecule has 7 nitrogen and oxygen atoms in total. The van der Waals surface area contributed by atoms with Crippen LogP contribution in [0.1, 0.15) is 50.6 Å². The summed E-state index contributed by atoms with van der Waals surface area (Å²) in [6.45, 7) is 12.3. The van der Waals surface area contributed by atoms with Crippen molar-refractivity contribution in [2.75, 3.05) is 19.6 Å². The van der Waals surface area contributed by atoms with E-state index in [1.165, 1.54) is 11.3 Å². The molecule has 0 aliphatic rings. The molecule has 25 heavy (non-hydrogen) atoms. The van der Waals surface area contributed by atoms with Crippen molar-refractivity contribution in [2.45, 2.75) is 59.9 Å². The molecule has 0 aromatic carbocycles. The van der Waals surface area contributed by atoms with E-state index in [0.29, 0.717) is 13.0 Å². The fraction of sp³-hybridized carbons (Fsp3) is 0.722. The van der Waals surface area contributed by atoms with Gasteiger partial charge in [0.05, 0.1) is 12.2 Å². The number of carbonyl (C=O) groups is 1. The van der Waals surface area contributed by atoms with Gasteiger partial charge in [0.1, 0.15) is 0 Å². The molecule has 0 fully saturated rings. The van der Waals surface area contributed by atoms with Gasteiger partial charge in [-0.3, -0.25) is 14.5 Å². The van der Waals surface area contributed by atoms with Gasteiger partial charge in [0.25, 0.3) is 0 Å². The molecule has 7 heteroatoms. The predicted octanol–water partition coefficient (Wildman–Crippen LogP) is 1.44. The highest BCUT2D eigenvalue weighted by molar-refractivity contribution is 5.81. The summed E-state index contributed by atoms with van der Waals surface area (Å²) in [6, 6.07) is 0.216. The maximum atomic E-state index is 11.7.